The molecule has 3 nitrogen and oxygen atoms in total. The minimum absolute atomic E-state index is 0.0218. The van der Waals surface area contributed by atoms with Gasteiger partial charge in [-0.15, -0.1) is 0 Å². The van der Waals surface area contributed by atoms with E-state index in [1.165, 1.54) is 36.8 Å². The van der Waals surface area contributed by atoms with Crippen LogP contribution in [0.15, 0.2) is 18.2 Å². The normalized spacial score (nSPS) is 43.0. The number of esters is 1. The van der Waals surface area contributed by atoms with Crippen LogP contribution in [0.2, 0.25) is 0 Å². The van der Waals surface area contributed by atoms with Crippen molar-refractivity contribution in [2.75, 3.05) is 0 Å². The minimum atomic E-state index is -0.0924. The van der Waals surface area contributed by atoms with Gasteiger partial charge in [-0.25, -0.2) is 0 Å². The smallest absolute Gasteiger partial charge is 0.314 e. The van der Waals surface area contributed by atoms with E-state index in [0.717, 1.165) is 62.5 Å². The van der Waals surface area contributed by atoms with Gasteiger partial charge in [-0.3, -0.25) is 4.79 Å². The van der Waals surface area contributed by atoms with Crippen LogP contribution in [0.25, 0.3) is 0 Å². The first-order chi connectivity index (χ1) is 14.0. The van der Waals surface area contributed by atoms with Crippen LogP contribution in [-0.2, 0) is 11.2 Å². The predicted molar refractivity (Wildman–Crippen MR) is 112 cm³/mol. The molecule has 0 saturated heterocycles. The molecule has 0 bridgehead atoms. The molecule has 0 aliphatic heterocycles. The number of hydrogen-bond acceptors (Lipinski definition) is 3. The highest BCUT2D eigenvalue weighted by molar-refractivity contribution is 5.75. The summed E-state index contributed by atoms with van der Waals surface area (Å²) in [5.41, 5.74) is 3.45. The summed E-state index contributed by atoms with van der Waals surface area (Å²) >= 11 is 0. The van der Waals surface area contributed by atoms with Crippen LogP contribution in [0.1, 0.15) is 88.2 Å². The van der Waals surface area contributed by atoms with Crippen molar-refractivity contribution < 1.29 is 14.6 Å². The Hall–Kier alpha value is -1.35. The van der Waals surface area contributed by atoms with Crippen LogP contribution >= 0.6 is 0 Å². The Kier molecular flexibility index (Phi) is 4.02. The highest BCUT2D eigenvalue weighted by atomic mass is 16.5. The van der Waals surface area contributed by atoms with Gasteiger partial charge in [0.15, 0.2) is 0 Å². The molecule has 3 heteroatoms. The Labute approximate surface area is 174 Å². The van der Waals surface area contributed by atoms with Gasteiger partial charge in [0.2, 0.25) is 0 Å². The summed E-state index contributed by atoms with van der Waals surface area (Å²) in [5, 5.41) is 10.7. The number of fused-ring (bicyclic) bond motifs is 3. The number of aliphatic hydroxyl groups is 1. The van der Waals surface area contributed by atoms with E-state index in [0.29, 0.717) is 11.3 Å². The number of hydrogen-bond donors (Lipinski definition) is 1. The molecule has 0 radical (unpaired) electrons. The molecule has 29 heavy (non-hydrogen) atoms. The van der Waals surface area contributed by atoms with E-state index in [2.05, 4.69) is 19.1 Å². The number of benzene rings is 1. The zero-order valence-corrected chi connectivity index (χ0v) is 17.7. The maximum atomic E-state index is 12.6. The molecule has 5 aliphatic rings. The van der Waals surface area contributed by atoms with E-state index in [1.807, 2.05) is 6.07 Å². The van der Waals surface area contributed by atoms with Gasteiger partial charge in [-0.1, -0.05) is 32.3 Å². The number of carbonyl (C=O) groups is 1. The fourth-order valence-electron chi connectivity index (χ4n) is 8.38. The highest BCUT2D eigenvalue weighted by Crippen LogP contribution is 2.81. The number of aryl methyl sites for hydroxylation is 1. The summed E-state index contributed by atoms with van der Waals surface area (Å²) in [6.45, 7) is 2.38. The summed E-state index contributed by atoms with van der Waals surface area (Å²) in [6.07, 6.45) is 12.5. The maximum absolute atomic E-state index is 12.6. The molecule has 0 unspecified atom stereocenters. The van der Waals surface area contributed by atoms with Gasteiger partial charge in [0.05, 0.1) is 12.0 Å². The van der Waals surface area contributed by atoms with Crippen molar-refractivity contribution in [3.63, 3.8) is 0 Å². The van der Waals surface area contributed by atoms with Gasteiger partial charge >= 0.3 is 5.97 Å². The quantitative estimate of drug-likeness (QED) is 0.540. The van der Waals surface area contributed by atoms with Gasteiger partial charge in [0.25, 0.3) is 0 Å². The van der Waals surface area contributed by atoms with Gasteiger partial charge in [0, 0.05) is 0 Å². The molecule has 4 saturated carbocycles. The fraction of sp³-hybridized carbons (Fsp3) is 0.731. The third-order valence-electron chi connectivity index (χ3n) is 9.98. The van der Waals surface area contributed by atoms with Gasteiger partial charge in [-0.2, -0.15) is 0 Å². The maximum Gasteiger partial charge on any atom is 0.314 e. The average Bonchev–Trinajstić information content (AvgIpc) is 3.40. The monoisotopic (exact) mass is 394 g/mol. The van der Waals surface area contributed by atoms with Crippen molar-refractivity contribution in [1.82, 2.24) is 0 Å². The molecule has 1 N–H and O–H groups in total. The molecular formula is C26H34O3. The van der Waals surface area contributed by atoms with E-state index >= 15 is 0 Å². The Morgan fingerprint density at radius 1 is 1.14 bits per heavy atom. The highest BCUT2D eigenvalue weighted by Gasteiger charge is 2.76. The molecular weight excluding hydrogens is 360 g/mol. The fourth-order valence-corrected chi connectivity index (χ4v) is 8.38. The molecule has 0 aromatic heterocycles. The Bertz CT molecular complexity index is 840. The van der Waals surface area contributed by atoms with E-state index in [4.69, 9.17) is 4.74 Å². The molecule has 5 aliphatic carbocycles. The number of ether oxygens (including phenoxy) is 1. The minimum Gasteiger partial charge on any atom is -0.426 e. The lowest BCUT2D eigenvalue weighted by Crippen LogP contribution is -2.47. The lowest BCUT2D eigenvalue weighted by molar-refractivity contribution is -0.139. The number of carbonyl (C=O) groups excluding carboxylic acids is 1. The molecule has 4 fully saturated rings. The Balaban J connectivity index is 1.23. The Morgan fingerprint density at radius 3 is 2.79 bits per heavy atom. The van der Waals surface area contributed by atoms with E-state index < -0.39 is 0 Å². The van der Waals surface area contributed by atoms with E-state index in [9.17, 15) is 9.90 Å². The average molecular weight is 395 g/mol. The first-order valence-electron chi connectivity index (χ1n) is 12.1. The van der Waals surface area contributed by atoms with E-state index in [1.54, 1.807) is 0 Å². The lowest BCUT2D eigenvalue weighted by Gasteiger charge is -2.52. The van der Waals surface area contributed by atoms with Crippen molar-refractivity contribution in [1.29, 1.82) is 0 Å². The second-order valence-electron chi connectivity index (χ2n) is 11.0. The zero-order valence-electron chi connectivity index (χ0n) is 17.7. The van der Waals surface area contributed by atoms with Gasteiger partial charge in [0.1, 0.15) is 5.75 Å². The van der Waals surface area contributed by atoms with Crippen molar-refractivity contribution >= 4 is 5.97 Å². The third kappa shape index (κ3) is 2.49. The predicted octanol–water partition coefficient (Wildman–Crippen LogP) is 5.39. The van der Waals surface area contributed by atoms with Crippen LogP contribution in [0.5, 0.6) is 5.75 Å². The SMILES string of the molecule is C[C@]12CC[C@@H]3c4ccc(OC(=O)C5CCCCC5)cc4CC[C@H]3[C@@]13C[C@H]3C[C@@H]2O. The summed E-state index contributed by atoms with van der Waals surface area (Å²) in [5.74, 6) is 2.94. The first-order valence-corrected chi connectivity index (χ1v) is 12.1. The summed E-state index contributed by atoms with van der Waals surface area (Å²) in [6, 6.07) is 6.46. The zero-order chi connectivity index (χ0) is 19.8. The van der Waals surface area contributed by atoms with Crippen LogP contribution in [0, 0.1) is 28.6 Å². The second kappa shape index (κ2) is 6.33. The molecule has 6 atom stereocenters. The van der Waals surface area contributed by atoms with Crippen molar-refractivity contribution in [2.24, 2.45) is 28.6 Å². The molecule has 1 spiro atoms. The summed E-state index contributed by atoms with van der Waals surface area (Å²) in [4.78, 5) is 12.6. The van der Waals surface area contributed by atoms with E-state index in [-0.39, 0.29) is 23.4 Å². The van der Waals surface area contributed by atoms with Crippen LogP contribution < -0.4 is 4.74 Å². The third-order valence-corrected chi connectivity index (χ3v) is 9.98. The lowest BCUT2D eigenvalue weighted by atomic mass is 9.52. The summed E-state index contributed by atoms with van der Waals surface area (Å²) < 4.78 is 5.81. The number of rotatable bonds is 2. The molecule has 1 aromatic carbocycles. The topological polar surface area (TPSA) is 46.5 Å². The van der Waals surface area contributed by atoms with Crippen LogP contribution in [0.3, 0.4) is 0 Å². The van der Waals surface area contributed by atoms with Crippen LogP contribution in [-0.4, -0.2) is 17.2 Å². The first kappa shape index (κ1) is 18.4. The standard InChI is InChI=1S/C26H34O3/c1-25-12-11-21-20-9-8-19(29-24(28)16-5-3-2-4-6-16)13-17(20)7-10-22(21)26(25)15-18(26)14-23(25)27/h8-9,13,16,18,21-23,27H,2-7,10-12,14-15H2,1H3/t18-,21-,22-,23+,25-,26+/m1/s1. The largest absolute Gasteiger partial charge is 0.426 e. The summed E-state index contributed by atoms with van der Waals surface area (Å²) in [7, 11) is 0. The molecule has 0 heterocycles. The molecule has 0 amide bonds. The second-order valence-corrected chi connectivity index (χ2v) is 11.0. The van der Waals surface area contributed by atoms with Crippen molar-refractivity contribution in [2.45, 2.75) is 89.6 Å². The Morgan fingerprint density at radius 2 is 1.97 bits per heavy atom. The number of aliphatic hydroxyl groups excluding tert-OH is 1. The van der Waals surface area contributed by atoms with Gasteiger partial charge < -0.3 is 9.84 Å². The van der Waals surface area contributed by atoms with Gasteiger partial charge in [-0.05, 0) is 103 Å². The molecule has 1 aromatic rings. The molecule has 156 valence electrons. The van der Waals surface area contributed by atoms with Crippen molar-refractivity contribution in [3.8, 4) is 5.75 Å². The van der Waals surface area contributed by atoms with Crippen molar-refractivity contribution in [3.05, 3.63) is 29.3 Å². The molecule has 6 rings (SSSR count). The van der Waals surface area contributed by atoms with Crippen LogP contribution in [0.4, 0.5) is 0 Å².